The van der Waals surface area contributed by atoms with Crippen molar-refractivity contribution in [3.8, 4) is 0 Å². The van der Waals surface area contributed by atoms with Gasteiger partial charge in [-0.15, -0.1) is 0 Å². The van der Waals surface area contributed by atoms with Crippen molar-refractivity contribution in [2.24, 2.45) is 5.41 Å². The van der Waals surface area contributed by atoms with Gasteiger partial charge in [0.15, 0.2) is 0 Å². The van der Waals surface area contributed by atoms with Crippen molar-refractivity contribution in [3.05, 3.63) is 29.6 Å². The topological polar surface area (TPSA) is 99.6 Å². The highest BCUT2D eigenvalue weighted by molar-refractivity contribution is 5.96. The van der Waals surface area contributed by atoms with Crippen LogP contribution in [-0.4, -0.2) is 52.9 Å². The lowest BCUT2D eigenvalue weighted by atomic mass is 9.90. The van der Waals surface area contributed by atoms with Crippen LogP contribution in [0.5, 0.6) is 0 Å². The molecule has 1 saturated heterocycles. The zero-order valence-corrected chi connectivity index (χ0v) is 11.9. The molecule has 1 unspecified atom stereocenters. The highest BCUT2D eigenvalue weighted by atomic mass is 16.4. The third-order valence-electron chi connectivity index (χ3n) is 3.75. The van der Waals surface area contributed by atoms with Gasteiger partial charge in [-0.2, -0.15) is 0 Å². The zero-order valence-electron chi connectivity index (χ0n) is 11.9. The van der Waals surface area contributed by atoms with Crippen LogP contribution in [0, 0.1) is 5.41 Å². The standard InChI is InChI=1S/C14H17N3O4/c1-14(13(20)21)5-6-17(8-14)12(19)9-3-4-10(16-7-9)11(18)15-2/h3-4,7H,5-6,8H2,1-2H3,(H,15,18)(H,20,21). The molecule has 2 amide bonds. The zero-order chi connectivity index (χ0) is 15.6. The molecule has 1 atom stereocenters. The maximum atomic E-state index is 12.3. The van der Waals surface area contributed by atoms with E-state index in [0.717, 1.165) is 0 Å². The van der Waals surface area contributed by atoms with Gasteiger partial charge in [0, 0.05) is 26.3 Å². The molecular formula is C14H17N3O4. The van der Waals surface area contributed by atoms with Crippen molar-refractivity contribution in [3.63, 3.8) is 0 Å². The van der Waals surface area contributed by atoms with Gasteiger partial charge in [-0.25, -0.2) is 0 Å². The molecule has 2 heterocycles. The first-order chi connectivity index (χ1) is 9.87. The van der Waals surface area contributed by atoms with E-state index < -0.39 is 11.4 Å². The number of nitrogens with zero attached hydrogens (tertiary/aromatic N) is 2. The lowest BCUT2D eigenvalue weighted by Crippen LogP contribution is -2.35. The van der Waals surface area contributed by atoms with E-state index in [1.807, 2.05) is 0 Å². The summed E-state index contributed by atoms with van der Waals surface area (Å²) in [6.07, 6.45) is 1.77. The average molecular weight is 291 g/mol. The third-order valence-corrected chi connectivity index (χ3v) is 3.75. The number of carboxylic acid groups (broad SMARTS) is 1. The van der Waals surface area contributed by atoms with Crippen LogP contribution in [0.25, 0.3) is 0 Å². The summed E-state index contributed by atoms with van der Waals surface area (Å²) in [5.41, 5.74) is -0.325. The molecule has 0 saturated carbocycles. The van der Waals surface area contributed by atoms with Crippen LogP contribution in [0.1, 0.15) is 34.2 Å². The van der Waals surface area contributed by atoms with E-state index in [9.17, 15) is 19.5 Å². The van der Waals surface area contributed by atoms with E-state index in [2.05, 4.69) is 10.3 Å². The summed E-state index contributed by atoms with van der Waals surface area (Å²) in [7, 11) is 1.50. The van der Waals surface area contributed by atoms with Crippen molar-refractivity contribution >= 4 is 17.8 Å². The first-order valence-corrected chi connectivity index (χ1v) is 6.58. The molecule has 1 aromatic heterocycles. The van der Waals surface area contributed by atoms with Gasteiger partial charge in [-0.05, 0) is 25.5 Å². The Hall–Kier alpha value is -2.44. The summed E-state index contributed by atoms with van der Waals surface area (Å²) in [6.45, 7) is 2.22. The number of aliphatic carboxylic acids is 1. The molecule has 1 aromatic rings. The molecule has 0 aliphatic carbocycles. The van der Waals surface area contributed by atoms with Gasteiger partial charge in [-0.3, -0.25) is 19.4 Å². The highest BCUT2D eigenvalue weighted by Crippen LogP contribution is 2.30. The van der Waals surface area contributed by atoms with Crippen LogP contribution in [0.2, 0.25) is 0 Å². The van der Waals surface area contributed by atoms with Gasteiger partial charge in [0.25, 0.3) is 11.8 Å². The van der Waals surface area contributed by atoms with E-state index in [4.69, 9.17) is 0 Å². The monoisotopic (exact) mass is 291 g/mol. The number of nitrogens with one attached hydrogen (secondary N) is 1. The molecule has 1 fully saturated rings. The highest BCUT2D eigenvalue weighted by Gasteiger charge is 2.42. The molecule has 112 valence electrons. The van der Waals surface area contributed by atoms with E-state index in [1.54, 1.807) is 6.92 Å². The molecule has 7 heteroatoms. The van der Waals surface area contributed by atoms with Crippen molar-refractivity contribution in [2.45, 2.75) is 13.3 Å². The fourth-order valence-corrected chi connectivity index (χ4v) is 2.27. The molecule has 1 aliphatic rings. The number of likely N-dealkylation sites (tertiary alicyclic amines) is 1. The van der Waals surface area contributed by atoms with Crippen molar-refractivity contribution in [1.29, 1.82) is 0 Å². The van der Waals surface area contributed by atoms with Crippen LogP contribution in [0.4, 0.5) is 0 Å². The van der Waals surface area contributed by atoms with E-state index >= 15 is 0 Å². The molecule has 7 nitrogen and oxygen atoms in total. The Kier molecular flexibility index (Phi) is 3.93. The van der Waals surface area contributed by atoms with Gasteiger partial charge in [0.05, 0.1) is 11.0 Å². The predicted octanol–water partition coefficient (Wildman–Crippen LogP) is 0.378. The molecule has 1 aliphatic heterocycles. The van der Waals surface area contributed by atoms with Crippen molar-refractivity contribution in [1.82, 2.24) is 15.2 Å². The quantitative estimate of drug-likeness (QED) is 0.838. The lowest BCUT2D eigenvalue weighted by Gasteiger charge is -2.20. The second kappa shape index (κ2) is 5.51. The Morgan fingerprint density at radius 1 is 1.38 bits per heavy atom. The minimum absolute atomic E-state index is 0.179. The minimum Gasteiger partial charge on any atom is -0.481 e. The SMILES string of the molecule is CNC(=O)c1ccc(C(=O)N2CCC(C)(C(=O)O)C2)cn1. The number of carboxylic acids is 1. The van der Waals surface area contributed by atoms with Crippen LogP contribution in [0.15, 0.2) is 18.3 Å². The number of carbonyl (C=O) groups excluding carboxylic acids is 2. The van der Waals surface area contributed by atoms with E-state index in [1.165, 1.54) is 30.3 Å². The van der Waals surface area contributed by atoms with Crippen LogP contribution >= 0.6 is 0 Å². The smallest absolute Gasteiger partial charge is 0.311 e. The predicted molar refractivity (Wildman–Crippen MR) is 73.9 cm³/mol. The Morgan fingerprint density at radius 3 is 2.57 bits per heavy atom. The molecule has 0 bridgehead atoms. The number of pyridine rings is 1. The van der Waals surface area contributed by atoms with Gasteiger partial charge >= 0.3 is 5.97 Å². The molecule has 0 aromatic carbocycles. The summed E-state index contributed by atoms with van der Waals surface area (Å²) < 4.78 is 0. The molecule has 0 spiro atoms. The van der Waals surface area contributed by atoms with E-state index in [-0.39, 0.29) is 24.1 Å². The number of aromatic nitrogens is 1. The lowest BCUT2D eigenvalue weighted by molar-refractivity contribution is -0.147. The van der Waals surface area contributed by atoms with Crippen molar-refractivity contribution in [2.75, 3.05) is 20.1 Å². The second-order valence-corrected chi connectivity index (χ2v) is 5.35. The minimum atomic E-state index is -0.898. The maximum absolute atomic E-state index is 12.3. The first kappa shape index (κ1) is 15.0. The molecule has 0 radical (unpaired) electrons. The Balaban J connectivity index is 2.11. The van der Waals surface area contributed by atoms with Crippen LogP contribution in [0.3, 0.4) is 0 Å². The number of rotatable bonds is 3. The molecular weight excluding hydrogens is 274 g/mol. The Bertz CT molecular complexity index is 584. The third kappa shape index (κ3) is 2.86. The summed E-state index contributed by atoms with van der Waals surface area (Å²) >= 11 is 0. The summed E-state index contributed by atoms with van der Waals surface area (Å²) in [5.74, 6) is -1.49. The summed E-state index contributed by atoms with van der Waals surface area (Å²) in [4.78, 5) is 40.3. The van der Waals surface area contributed by atoms with Crippen LogP contribution < -0.4 is 5.32 Å². The number of carbonyl (C=O) groups is 3. The fourth-order valence-electron chi connectivity index (χ4n) is 2.27. The summed E-state index contributed by atoms with van der Waals surface area (Å²) in [5, 5.41) is 11.6. The fraction of sp³-hybridized carbons (Fsp3) is 0.429. The molecule has 21 heavy (non-hydrogen) atoms. The molecule has 2 N–H and O–H groups in total. The van der Waals surface area contributed by atoms with Crippen LogP contribution in [-0.2, 0) is 4.79 Å². The largest absolute Gasteiger partial charge is 0.481 e. The van der Waals surface area contributed by atoms with Gasteiger partial charge in [-0.1, -0.05) is 0 Å². The molecule has 2 rings (SSSR count). The number of hydrogen-bond donors (Lipinski definition) is 2. The number of hydrogen-bond acceptors (Lipinski definition) is 4. The van der Waals surface area contributed by atoms with Gasteiger partial charge < -0.3 is 15.3 Å². The van der Waals surface area contributed by atoms with E-state index in [0.29, 0.717) is 18.5 Å². The average Bonchev–Trinajstić information content (AvgIpc) is 2.90. The Labute approximate surface area is 122 Å². The first-order valence-electron chi connectivity index (χ1n) is 6.58. The van der Waals surface area contributed by atoms with Crippen molar-refractivity contribution < 1.29 is 19.5 Å². The maximum Gasteiger partial charge on any atom is 0.311 e. The number of amides is 2. The van der Waals surface area contributed by atoms with Gasteiger partial charge in [0.2, 0.25) is 0 Å². The normalized spacial score (nSPS) is 21.1. The second-order valence-electron chi connectivity index (χ2n) is 5.35. The Morgan fingerprint density at radius 2 is 2.10 bits per heavy atom. The van der Waals surface area contributed by atoms with Gasteiger partial charge in [0.1, 0.15) is 5.69 Å². The summed E-state index contributed by atoms with van der Waals surface area (Å²) in [6, 6.07) is 2.99.